The second kappa shape index (κ2) is 10.3. The first-order chi connectivity index (χ1) is 19.1. The van der Waals surface area contributed by atoms with Crippen LogP contribution in [0, 0.1) is 5.82 Å². The Bertz CT molecular complexity index is 1710. The van der Waals surface area contributed by atoms with Crippen LogP contribution in [0.1, 0.15) is 23.6 Å². The zero-order valence-electron chi connectivity index (χ0n) is 21.3. The molecular formula is C31H24ClFN4O2. The summed E-state index contributed by atoms with van der Waals surface area (Å²) in [4.78, 5) is 9.83. The monoisotopic (exact) mass is 538 g/mol. The van der Waals surface area contributed by atoms with E-state index in [4.69, 9.17) is 36.1 Å². The summed E-state index contributed by atoms with van der Waals surface area (Å²) in [5.74, 6) is 1.26. The summed E-state index contributed by atoms with van der Waals surface area (Å²) < 4.78 is 26.1. The van der Waals surface area contributed by atoms with Crippen LogP contribution in [0.3, 0.4) is 0 Å². The molecule has 0 aliphatic carbocycles. The minimum atomic E-state index is -0.456. The minimum Gasteiger partial charge on any atom is -0.493 e. The van der Waals surface area contributed by atoms with E-state index in [0.29, 0.717) is 40.0 Å². The van der Waals surface area contributed by atoms with Gasteiger partial charge >= 0.3 is 0 Å². The number of hydrogen-bond donors (Lipinski definition) is 0. The van der Waals surface area contributed by atoms with Crippen LogP contribution in [0.5, 0.6) is 11.5 Å². The molecule has 1 atom stereocenters. The van der Waals surface area contributed by atoms with Gasteiger partial charge in [0, 0.05) is 33.5 Å². The van der Waals surface area contributed by atoms with Crippen molar-refractivity contribution in [3.05, 3.63) is 113 Å². The average Bonchev–Trinajstić information content (AvgIpc) is 3.42. The number of nitrogens with zero attached hydrogens (tertiary/aromatic N) is 4. The van der Waals surface area contributed by atoms with E-state index in [9.17, 15) is 0 Å². The van der Waals surface area contributed by atoms with E-state index in [1.54, 1.807) is 37.4 Å². The Labute approximate surface area is 230 Å². The topological polar surface area (TPSA) is 59.8 Å². The third kappa shape index (κ3) is 4.66. The summed E-state index contributed by atoms with van der Waals surface area (Å²) in [6.07, 6.45) is 0.444. The molecule has 0 spiro atoms. The molecule has 194 valence electrons. The number of fused-ring (bicyclic) bond motifs is 1. The van der Waals surface area contributed by atoms with Crippen LogP contribution < -0.4 is 14.5 Å². The normalized spacial score (nSPS) is 14.9. The van der Waals surface area contributed by atoms with Crippen LogP contribution in [0.15, 0.2) is 96.1 Å². The molecule has 8 heteroatoms. The number of aromatic nitrogens is 2. The van der Waals surface area contributed by atoms with Crippen molar-refractivity contribution >= 4 is 34.2 Å². The highest BCUT2D eigenvalue weighted by Crippen LogP contribution is 2.39. The number of halogens is 2. The van der Waals surface area contributed by atoms with Gasteiger partial charge in [-0.1, -0.05) is 60.1 Å². The third-order valence-corrected chi connectivity index (χ3v) is 7.02. The van der Waals surface area contributed by atoms with E-state index < -0.39 is 6.04 Å². The van der Waals surface area contributed by atoms with Crippen molar-refractivity contribution in [1.82, 2.24) is 9.97 Å². The molecule has 0 amide bonds. The van der Waals surface area contributed by atoms with Crippen molar-refractivity contribution < 1.29 is 13.9 Å². The molecule has 5 aromatic rings. The Morgan fingerprint density at radius 1 is 0.821 bits per heavy atom. The first-order valence-electron chi connectivity index (χ1n) is 12.4. The van der Waals surface area contributed by atoms with Crippen LogP contribution in [0.25, 0.3) is 22.2 Å². The molecule has 39 heavy (non-hydrogen) atoms. The van der Waals surface area contributed by atoms with Gasteiger partial charge in [-0.05, 0) is 42.5 Å². The van der Waals surface area contributed by atoms with Gasteiger partial charge in [0.05, 0.1) is 37.2 Å². The molecular weight excluding hydrogens is 515 g/mol. The minimum absolute atomic E-state index is 0.313. The second-order valence-corrected chi connectivity index (χ2v) is 9.54. The Hall–Kier alpha value is -4.49. The predicted molar refractivity (Wildman–Crippen MR) is 152 cm³/mol. The fraction of sp³-hybridized carbons (Fsp3) is 0.129. The van der Waals surface area contributed by atoms with Crippen LogP contribution in [0.4, 0.5) is 10.3 Å². The van der Waals surface area contributed by atoms with Gasteiger partial charge < -0.3 is 9.47 Å². The van der Waals surface area contributed by atoms with E-state index in [0.717, 1.165) is 27.9 Å². The van der Waals surface area contributed by atoms with Crippen LogP contribution >= 0.6 is 11.6 Å². The molecule has 1 aromatic heterocycles. The Morgan fingerprint density at radius 2 is 1.59 bits per heavy atom. The molecule has 2 heterocycles. The lowest BCUT2D eigenvalue weighted by molar-refractivity contribution is 0.355. The third-order valence-electron chi connectivity index (χ3n) is 6.79. The van der Waals surface area contributed by atoms with Crippen molar-refractivity contribution in [1.29, 1.82) is 0 Å². The lowest BCUT2D eigenvalue weighted by atomic mass is 9.98. The van der Waals surface area contributed by atoms with E-state index in [1.807, 2.05) is 66.7 Å². The summed E-state index contributed by atoms with van der Waals surface area (Å²) >= 11 is 6.35. The summed E-state index contributed by atoms with van der Waals surface area (Å²) in [5, 5.41) is 8.08. The molecule has 0 bridgehead atoms. The Morgan fingerprint density at radius 3 is 2.36 bits per heavy atom. The van der Waals surface area contributed by atoms with E-state index >= 15 is 4.39 Å². The number of benzene rings is 4. The number of anilines is 1. The lowest BCUT2D eigenvalue weighted by Crippen LogP contribution is -2.22. The average molecular weight is 539 g/mol. The first kappa shape index (κ1) is 24.8. The Balaban J connectivity index is 1.54. The molecule has 4 aromatic carbocycles. The molecule has 0 saturated carbocycles. The van der Waals surface area contributed by atoms with Crippen molar-refractivity contribution in [3.63, 3.8) is 0 Å². The van der Waals surface area contributed by atoms with E-state index in [-0.39, 0.29) is 5.82 Å². The highest BCUT2D eigenvalue weighted by Gasteiger charge is 2.34. The second-order valence-electron chi connectivity index (χ2n) is 9.10. The van der Waals surface area contributed by atoms with E-state index in [1.165, 1.54) is 6.07 Å². The zero-order valence-corrected chi connectivity index (χ0v) is 22.1. The largest absolute Gasteiger partial charge is 0.493 e. The summed E-state index contributed by atoms with van der Waals surface area (Å²) in [6.45, 7) is 0. The number of hydrogen-bond acceptors (Lipinski definition) is 6. The summed E-state index contributed by atoms with van der Waals surface area (Å²) in [6, 6.07) is 27.3. The highest BCUT2D eigenvalue weighted by atomic mass is 35.5. The molecule has 0 fully saturated rings. The molecule has 1 unspecified atom stereocenters. The summed E-state index contributed by atoms with van der Waals surface area (Å²) in [7, 11) is 3.18. The number of hydrazone groups is 1. The quantitative estimate of drug-likeness (QED) is 0.224. The van der Waals surface area contributed by atoms with Gasteiger partial charge in [-0.2, -0.15) is 5.10 Å². The SMILES string of the molecule is COc1ccc(C2=NN(c3nc(-c4ccccc4)c4cc(Cl)ccc4n3)C(c3ccccc3F)C2)cc1OC. The maximum absolute atomic E-state index is 15.1. The van der Waals surface area contributed by atoms with Gasteiger partial charge in [0.25, 0.3) is 0 Å². The molecule has 0 radical (unpaired) electrons. The van der Waals surface area contributed by atoms with Gasteiger partial charge in [0.2, 0.25) is 5.95 Å². The van der Waals surface area contributed by atoms with Crippen molar-refractivity contribution in [2.45, 2.75) is 12.5 Å². The van der Waals surface area contributed by atoms with Gasteiger partial charge in [0.1, 0.15) is 5.82 Å². The predicted octanol–water partition coefficient (Wildman–Crippen LogP) is 7.46. The van der Waals surface area contributed by atoms with Crippen LogP contribution in [-0.4, -0.2) is 29.9 Å². The van der Waals surface area contributed by atoms with Crippen molar-refractivity contribution in [3.8, 4) is 22.8 Å². The van der Waals surface area contributed by atoms with Gasteiger partial charge in [-0.3, -0.25) is 0 Å². The Kier molecular flexibility index (Phi) is 6.59. The van der Waals surface area contributed by atoms with Crippen molar-refractivity contribution in [2.24, 2.45) is 5.10 Å². The number of ether oxygens (including phenoxy) is 2. The molecule has 1 aliphatic rings. The smallest absolute Gasteiger partial charge is 0.247 e. The van der Waals surface area contributed by atoms with Crippen LogP contribution in [-0.2, 0) is 0 Å². The van der Waals surface area contributed by atoms with Gasteiger partial charge in [0.15, 0.2) is 11.5 Å². The fourth-order valence-corrected chi connectivity index (χ4v) is 5.05. The molecule has 6 nitrogen and oxygen atoms in total. The molecule has 0 N–H and O–H groups in total. The molecule has 6 rings (SSSR count). The summed E-state index contributed by atoms with van der Waals surface area (Å²) in [5.41, 5.74) is 4.46. The number of rotatable bonds is 6. The van der Waals surface area contributed by atoms with Crippen molar-refractivity contribution in [2.75, 3.05) is 19.2 Å². The maximum Gasteiger partial charge on any atom is 0.247 e. The first-order valence-corrected chi connectivity index (χ1v) is 12.8. The van der Waals surface area contributed by atoms with E-state index in [2.05, 4.69) is 0 Å². The highest BCUT2D eigenvalue weighted by molar-refractivity contribution is 6.31. The van der Waals surface area contributed by atoms with Gasteiger partial charge in [-0.15, -0.1) is 0 Å². The van der Waals surface area contributed by atoms with Crippen LogP contribution in [0.2, 0.25) is 5.02 Å². The zero-order chi connectivity index (χ0) is 26.9. The van der Waals surface area contributed by atoms with Gasteiger partial charge in [-0.25, -0.2) is 19.4 Å². The maximum atomic E-state index is 15.1. The standard InChI is InChI=1S/C31H24ClFN4O2/c1-38-28-15-12-20(16-29(28)39-2)26-18-27(22-10-6-7-11-24(22)33)37(36-26)31-34-25-14-13-21(32)17-23(25)30(35-31)19-8-4-3-5-9-19/h3-17,27H,18H2,1-2H3. The lowest BCUT2D eigenvalue weighted by Gasteiger charge is -2.23. The fourth-order valence-electron chi connectivity index (χ4n) is 4.88. The number of methoxy groups -OCH3 is 2. The molecule has 1 aliphatic heterocycles. The molecule has 0 saturated heterocycles.